The van der Waals surface area contributed by atoms with Gasteiger partial charge in [-0.1, -0.05) is 11.6 Å². The van der Waals surface area contributed by atoms with E-state index in [1.54, 1.807) is 13.0 Å². The van der Waals surface area contributed by atoms with E-state index in [2.05, 4.69) is 4.98 Å². The van der Waals surface area contributed by atoms with Crippen LogP contribution in [0.1, 0.15) is 11.4 Å². The predicted molar refractivity (Wildman–Crippen MR) is 56.6 cm³/mol. The predicted octanol–water partition coefficient (Wildman–Crippen LogP) is 0.945. The Bertz CT molecular complexity index is 560. The molecule has 0 spiro atoms. The quantitative estimate of drug-likeness (QED) is 0.571. The number of hydrogen-bond acceptors (Lipinski definition) is 2. The van der Waals surface area contributed by atoms with Crippen LogP contribution in [0.2, 0.25) is 0 Å². The van der Waals surface area contributed by atoms with Gasteiger partial charge >= 0.3 is 0 Å². The zero-order chi connectivity index (χ0) is 10.3. The molecule has 4 heteroatoms. The van der Waals surface area contributed by atoms with Gasteiger partial charge in [-0.3, -0.25) is 4.79 Å². The number of aromatic nitrogens is 2. The fraction of sp³-hybridized carbons (Fsp3) is 0.200. The molecule has 0 fully saturated rings. The minimum absolute atomic E-state index is 0.198. The van der Waals surface area contributed by atoms with E-state index in [9.17, 15) is 4.79 Å². The van der Waals surface area contributed by atoms with Crippen LogP contribution in [0.15, 0.2) is 23.0 Å². The van der Waals surface area contributed by atoms with Crippen molar-refractivity contribution < 1.29 is 0 Å². The average Bonchev–Trinajstić information content (AvgIpc) is 2.16. The first kappa shape index (κ1) is 9.00. The maximum absolute atomic E-state index is 11.7. The third-order valence-electron chi connectivity index (χ3n) is 2.23. The van der Waals surface area contributed by atoms with E-state index in [1.807, 2.05) is 19.1 Å². The second-order valence-corrected chi connectivity index (χ2v) is 3.35. The van der Waals surface area contributed by atoms with Gasteiger partial charge < -0.3 is 4.48 Å². The van der Waals surface area contributed by atoms with Gasteiger partial charge in [0, 0.05) is 0 Å². The highest BCUT2D eigenvalue weighted by molar-refractivity contribution is 6.07. The van der Waals surface area contributed by atoms with Gasteiger partial charge in [0.15, 0.2) is 0 Å². The molecule has 1 aromatic carbocycles. The van der Waals surface area contributed by atoms with Crippen LogP contribution in [0.5, 0.6) is 0 Å². The molecule has 2 rings (SSSR count). The van der Waals surface area contributed by atoms with Crippen LogP contribution in [-0.2, 0) is 0 Å². The van der Waals surface area contributed by atoms with Crippen LogP contribution in [0.4, 0.5) is 0 Å². The van der Waals surface area contributed by atoms with Gasteiger partial charge in [0.05, 0.1) is 16.7 Å². The summed E-state index contributed by atoms with van der Waals surface area (Å²) in [5.74, 6) is 0.520. The molecule has 3 nitrogen and oxygen atoms in total. The molecule has 0 aliphatic heterocycles. The number of hydrogen-bond donors (Lipinski definition) is 0. The van der Waals surface area contributed by atoms with Crippen LogP contribution >= 0.6 is 0 Å². The number of benzene rings is 1. The zero-order valence-electron chi connectivity index (χ0n) is 8.11. The van der Waals surface area contributed by atoms with Crippen LogP contribution < -0.4 is 5.56 Å². The molecule has 68 valence electrons. The molecule has 0 atom stereocenters. The van der Waals surface area contributed by atoms with Crippen molar-refractivity contribution in [2.45, 2.75) is 13.8 Å². The Labute approximate surface area is 82.8 Å². The van der Waals surface area contributed by atoms with Gasteiger partial charge in [0.2, 0.25) is 13.5 Å². The van der Waals surface area contributed by atoms with Gasteiger partial charge in [0.25, 0.3) is 0 Å². The van der Waals surface area contributed by atoms with Crippen molar-refractivity contribution in [1.82, 2.24) is 9.46 Å². The SMILES string of the molecule is [B]n1c(C)nc2ccc(C)cc2c1=O. The minimum atomic E-state index is -0.198. The Kier molecular flexibility index (Phi) is 1.91. The molecule has 0 aliphatic rings. The first-order valence-corrected chi connectivity index (χ1v) is 4.34. The molecule has 0 aliphatic carbocycles. The summed E-state index contributed by atoms with van der Waals surface area (Å²) in [5, 5.41) is 0.568. The molecule has 0 bridgehead atoms. The summed E-state index contributed by atoms with van der Waals surface area (Å²) in [4.78, 5) is 15.9. The van der Waals surface area contributed by atoms with E-state index in [-0.39, 0.29) is 5.56 Å². The first-order chi connectivity index (χ1) is 6.59. The second-order valence-electron chi connectivity index (χ2n) is 3.35. The van der Waals surface area contributed by atoms with E-state index >= 15 is 0 Å². The topological polar surface area (TPSA) is 34.9 Å². The van der Waals surface area contributed by atoms with Crippen molar-refractivity contribution in [1.29, 1.82) is 0 Å². The maximum Gasteiger partial charge on any atom is 0.248 e. The van der Waals surface area contributed by atoms with Crippen LogP contribution in [0.3, 0.4) is 0 Å². The molecule has 0 N–H and O–H groups in total. The van der Waals surface area contributed by atoms with Crippen LogP contribution in [-0.4, -0.2) is 17.4 Å². The minimum Gasteiger partial charge on any atom is -0.354 e. The third kappa shape index (κ3) is 1.23. The molecule has 2 radical (unpaired) electrons. The molecular formula is C10H9BN2O. The summed E-state index contributed by atoms with van der Waals surface area (Å²) in [7, 11) is 5.54. The van der Waals surface area contributed by atoms with Gasteiger partial charge in [-0.2, -0.15) is 0 Å². The Morgan fingerprint density at radius 2 is 2.07 bits per heavy atom. The van der Waals surface area contributed by atoms with Crippen molar-refractivity contribution in [2.75, 3.05) is 0 Å². The fourth-order valence-electron chi connectivity index (χ4n) is 1.42. The van der Waals surface area contributed by atoms with E-state index in [1.165, 1.54) is 0 Å². The van der Waals surface area contributed by atoms with E-state index < -0.39 is 0 Å². The lowest BCUT2D eigenvalue weighted by Crippen LogP contribution is -2.22. The molecule has 1 heterocycles. The smallest absolute Gasteiger partial charge is 0.248 e. The Morgan fingerprint density at radius 3 is 2.79 bits per heavy atom. The van der Waals surface area contributed by atoms with Crippen molar-refractivity contribution in [3.63, 3.8) is 0 Å². The van der Waals surface area contributed by atoms with E-state index in [0.717, 1.165) is 10.0 Å². The molecule has 14 heavy (non-hydrogen) atoms. The van der Waals surface area contributed by atoms with Gasteiger partial charge in [-0.15, -0.1) is 0 Å². The second kappa shape index (κ2) is 2.98. The summed E-state index contributed by atoms with van der Waals surface area (Å²) < 4.78 is 1.07. The number of nitrogens with zero attached hydrogens (tertiary/aromatic N) is 2. The van der Waals surface area contributed by atoms with Crippen molar-refractivity contribution in [3.8, 4) is 0 Å². The maximum atomic E-state index is 11.7. The summed E-state index contributed by atoms with van der Waals surface area (Å²) in [6, 6.07) is 5.56. The van der Waals surface area contributed by atoms with Crippen molar-refractivity contribution in [2.24, 2.45) is 0 Å². The number of aryl methyl sites for hydroxylation is 2. The Morgan fingerprint density at radius 1 is 1.36 bits per heavy atom. The lowest BCUT2D eigenvalue weighted by Gasteiger charge is -2.05. The number of rotatable bonds is 0. The highest BCUT2D eigenvalue weighted by Crippen LogP contribution is 2.09. The summed E-state index contributed by atoms with van der Waals surface area (Å²) in [6.45, 7) is 3.64. The van der Waals surface area contributed by atoms with Crippen molar-refractivity contribution in [3.05, 3.63) is 39.9 Å². The standard InChI is InChI=1S/C10H9BN2O/c1-6-3-4-9-8(5-6)10(14)13(11)7(2)12-9/h3-5H,1-2H3. The van der Waals surface area contributed by atoms with Gasteiger partial charge in [-0.05, 0) is 26.0 Å². The number of fused-ring (bicyclic) bond motifs is 1. The van der Waals surface area contributed by atoms with Gasteiger partial charge in [-0.25, -0.2) is 4.98 Å². The molecule has 0 amide bonds. The largest absolute Gasteiger partial charge is 0.354 e. The molecule has 0 saturated carbocycles. The highest BCUT2D eigenvalue weighted by atomic mass is 16.1. The lowest BCUT2D eigenvalue weighted by molar-refractivity contribution is 0.986. The Hall–Kier alpha value is -1.58. The average molecular weight is 184 g/mol. The van der Waals surface area contributed by atoms with Crippen LogP contribution in [0.25, 0.3) is 10.9 Å². The molecule has 0 saturated heterocycles. The summed E-state index contributed by atoms with van der Waals surface area (Å²) >= 11 is 0. The monoisotopic (exact) mass is 184 g/mol. The molecule has 0 unspecified atom stereocenters. The lowest BCUT2D eigenvalue weighted by atomic mass is 10.1. The summed E-state index contributed by atoms with van der Waals surface area (Å²) in [5.41, 5.74) is 1.52. The molecule has 2 aromatic rings. The van der Waals surface area contributed by atoms with Crippen molar-refractivity contribution >= 4 is 18.9 Å². The van der Waals surface area contributed by atoms with E-state index in [4.69, 9.17) is 7.98 Å². The zero-order valence-corrected chi connectivity index (χ0v) is 8.11. The highest BCUT2D eigenvalue weighted by Gasteiger charge is 2.03. The normalized spacial score (nSPS) is 10.7. The molecule has 1 aromatic heterocycles. The van der Waals surface area contributed by atoms with Crippen LogP contribution in [0, 0.1) is 13.8 Å². The fourth-order valence-corrected chi connectivity index (χ4v) is 1.42. The molecular weight excluding hydrogens is 175 g/mol. The Balaban J connectivity index is 2.99. The third-order valence-corrected chi connectivity index (χ3v) is 2.23. The van der Waals surface area contributed by atoms with E-state index in [0.29, 0.717) is 16.7 Å². The van der Waals surface area contributed by atoms with Gasteiger partial charge in [0.1, 0.15) is 0 Å². The summed E-state index contributed by atoms with van der Waals surface area (Å²) in [6.07, 6.45) is 0. The first-order valence-electron chi connectivity index (χ1n) is 4.34.